The largest absolute Gasteiger partial charge is 0.354 e. The Morgan fingerprint density at radius 1 is 0.855 bits per heavy atom. The molecule has 0 saturated carbocycles. The van der Waals surface area contributed by atoms with Crippen molar-refractivity contribution < 1.29 is 9.59 Å². The van der Waals surface area contributed by atoms with E-state index in [4.69, 9.17) is 4.98 Å². The van der Waals surface area contributed by atoms with Gasteiger partial charge in [0, 0.05) is 102 Å². The molecular weight excluding hydrogens is 695 g/mol. The number of amides is 2. The summed E-state index contributed by atoms with van der Waals surface area (Å²) in [7, 11) is 0. The number of hydrogen-bond acceptors (Lipinski definition) is 9. The van der Waals surface area contributed by atoms with E-state index in [9.17, 15) is 9.59 Å². The Morgan fingerprint density at radius 2 is 1.55 bits per heavy atom. The number of carbonyl (C=O) groups excluding carboxylic acids is 2. The molecule has 55 heavy (non-hydrogen) atoms. The number of aromatic nitrogens is 10. The van der Waals surface area contributed by atoms with Crippen LogP contribution in [0.5, 0.6) is 0 Å². The Hall–Kier alpha value is -6.74. The predicted molar refractivity (Wildman–Crippen MR) is 208 cm³/mol. The first-order valence-electron chi connectivity index (χ1n) is 18.5. The highest BCUT2D eigenvalue weighted by Crippen LogP contribution is 2.37. The molecule has 1 aliphatic rings. The first-order valence-corrected chi connectivity index (χ1v) is 18.5. The van der Waals surface area contributed by atoms with Crippen LogP contribution in [0.2, 0.25) is 0 Å². The summed E-state index contributed by atoms with van der Waals surface area (Å²) in [5, 5.41) is 26.5. The summed E-state index contributed by atoms with van der Waals surface area (Å²) < 4.78 is 3.27. The Morgan fingerprint density at radius 3 is 2.31 bits per heavy atom. The van der Waals surface area contributed by atoms with E-state index in [1.165, 1.54) is 6.08 Å². The van der Waals surface area contributed by atoms with Crippen molar-refractivity contribution in [3.63, 3.8) is 0 Å². The van der Waals surface area contributed by atoms with Gasteiger partial charge in [-0.15, -0.1) is 0 Å². The van der Waals surface area contributed by atoms with Crippen LogP contribution in [0.3, 0.4) is 0 Å². The second-order valence-corrected chi connectivity index (χ2v) is 13.8. The third kappa shape index (κ3) is 6.27. The summed E-state index contributed by atoms with van der Waals surface area (Å²) in [4.78, 5) is 43.3. The number of rotatable bonds is 12. The van der Waals surface area contributed by atoms with E-state index in [1.807, 2.05) is 55.1 Å². The molecule has 1 saturated heterocycles. The number of nitrogens with one attached hydrogen (secondary N) is 4. The molecule has 8 aromatic heterocycles. The van der Waals surface area contributed by atoms with Crippen molar-refractivity contribution in [1.82, 2.24) is 65.1 Å². The van der Waals surface area contributed by atoms with Crippen molar-refractivity contribution in [2.24, 2.45) is 0 Å². The van der Waals surface area contributed by atoms with Gasteiger partial charge in [-0.2, -0.15) is 29.7 Å². The van der Waals surface area contributed by atoms with Gasteiger partial charge < -0.3 is 25.5 Å². The standard InChI is InChI=1S/C40H39N13O2/c1-3-36(54)51-18-6-9-35(51)40(55)43-16-11-26-20-29-37(32-23-48-53-34(32)8-5-14-46-53)30(21-44-39(29)50-26)24(2)41-15-10-25-19-28-27(12-17-42-38(28)49-25)31-22-47-52-33(31)7-4-13-45-52/h3-5,7-8,12-14,17,19-24,35,41H,1,6,9-11,15-16,18H2,2H3,(H,42,49)(H,43,55)(H,44,50)/t24?,35-/m0/s1. The van der Waals surface area contributed by atoms with Crippen LogP contribution in [-0.4, -0.2) is 92.0 Å². The minimum absolute atomic E-state index is 0.0619. The zero-order valence-electron chi connectivity index (χ0n) is 30.2. The quantitative estimate of drug-likeness (QED) is 0.131. The average molecular weight is 734 g/mol. The van der Waals surface area contributed by atoms with E-state index in [0.717, 1.165) is 85.1 Å². The first kappa shape index (κ1) is 34.1. The van der Waals surface area contributed by atoms with Crippen molar-refractivity contribution in [3.8, 4) is 22.3 Å². The monoisotopic (exact) mass is 733 g/mol. The molecule has 8 aromatic rings. The van der Waals surface area contributed by atoms with Crippen LogP contribution in [0, 0.1) is 0 Å². The number of nitrogens with zero attached hydrogens (tertiary/aromatic N) is 9. The molecule has 9 rings (SSSR count). The highest BCUT2D eigenvalue weighted by molar-refractivity contribution is 6.00. The van der Waals surface area contributed by atoms with Crippen LogP contribution in [0.1, 0.15) is 42.8 Å². The van der Waals surface area contributed by atoms with Crippen LogP contribution < -0.4 is 10.6 Å². The Labute approximate surface area is 314 Å². The fourth-order valence-corrected chi connectivity index (χ4v) is 7.82. The van der Waals surface area contributed by atoms with Crippen LogP contribution in [-0.2, 0) is 22.4 Å². The van der Waals surface area contributed by atoms with Gasteiger partial charge in [0.1, 0.15) is 17.3 Å². The maximum Gasteiger partial charge on any atom is 0.246 e. The second-order valence-electron chi connectivity index (χ2n) is 13.8. The second kappa shape index (κ2) is 14.2. The molecule has 0 aliphatic carbocycles. The van der Waals surface area contributed by atoms with E-state index in [0.29, 0.717) is 32.5 Å². The normalized spacial score (nSPS) is 15.1. The lowest BCUT2D eigenvalue weighted by molar-refractivity contribution is -0.135. The molecule has 0 spiro atoms. The summed E-state index contributed by atoms with van der Waals surface area (Å²) in [5.74, 6) is -0.353. The molecule has 0 radical (unpaired) electrons. The van der Waals surface area contributed by atoms with E-state index < -0.39 is 6.04 Å². The molecule has 0 aromatic carbocycles. The molecule has 1 fully saturated rings. The summed E-state index contributed by atoms with van der Waals surface area (Å²) in [6.07, 6.45) is 14.9. The topological polar surface area (TPSA) is 179 Å². The minimum atomic E-state index is -0.464. The molecule has 2 atom stereocenters. The number of pyridine rings is 2. The number of hydrogen-bond donors (Lipinski definition) is 4. The van der Waals surface area contributed by atoms with E-state index in [2.05, 4.69) is 71.6 Å². The first-order chi connectivity index (χ1) is 27.0. The van der Waals surface area contributed by atoms with Gasteiger partial charge in [0.05, 0.1) is 23.4 Å². The number of aromatic amines is 2. The highest BCUT2D eigenvalue weighted by atomic mass is 16.2. The van der Waals surface area contributed by atoms with Gasteiger partial charge in [-0.05, 0) is 79.4 Å². The molecule has 15 heteroatoms. The number of H-pyrrole nitrogens is 2. The van der Waals surface area contributed by atoms with Gasteiger partial charge in [-0.3, -0.25) is 9.59 Å². The summed E-state index contributed by atoms with van der Waals surface area (Å²) in [6, 6.07) is 13.6. The summed E-state index contributed by atoms with van der Waals surface area (Å²) in [5.41, 5.74) is 10.5. The molecule has 4 N–H and O–H groups in total. The lowest BCUT2D eigenvalue weighted by Crippen LogP contribution is -2.45. The van der Waals surface area contributed by atoms with Crippen LogP contribution in [0.4, 0.5) is 0 Å². The Kier molecular flexibility index (Phi) is 8.82. The van der Waals surface area contributed by atoms with Crippen molar-refractivity contribution in [3.05, 3.63) is 109 Å². The van der Waals surface area contributed by atoms with Crippen LogP contribution >= 0.6 is 0 Å². The fourth-order valence-electron chi connectivity index (χ4n) is 7.82. The van der Waals surface area contributed by atoms with Crippen molar-refractivity contribution >= 4 is 44.9 Å². The molecule has 0 bridgehead atoms. The summed E-state index contributed by atoms with van der Waals surface area (Å²) >= 11 is 0. The van der Waals surface area contributed by atoms with Crippen LogP contribution in [0.15, 0.2) is 92.3 Å². The number of carbonyl (C=O) groups is 2. The molecular formula is C40H39N13O2. The van der Waals surface area contributed by atoms with E-state index in [1.54, 1.807) is 26.6 Å². The predicted octanol–water partition coefficient (Wildman–Crippen LogP) is 4.59. The van der Waals surface area contributed by atoms with E-state index in [-0.39, 0.29) is 17.9 Å². The van der Waals surface area contributed by atoms with Gasteiger partial charge in [0.25, 0.3) is 0 Å². The van der Waals surface area contributed by atoms with Gasteiger partial charge >= 0.3 is 0 Å². The van der Waals surface area contributed by atoms with E-state index >= 15 is 0 Å². The maximum atomic E-state index is 13.0. The smallest absolute Gasteiger partial charge is 0.246 e. The van der Waals surface area contributed by atoms with Gasteiger partial charge in [0.15, 0.2) is 0 Å². The lowest BCUT2D eigenvalue weighted by Gasteiger charge is -2.22. The zero-order chi connectivity index (χ0) is 37.5. The van der Waals surface area contributed by atoms with Crippen molar-refractivity contribution in [1.29, 1.82) is 0 Å². The van der Waals surface area contributed by atoms with Gasteiger partial charge in [0.2, 0.25) is 11.8 Å². The minimum Gasteiger partial charge on any atom is -0.354 e. The SMILES string of the molecule is C=CC(=O)N1CCC[C@H]1C(=O)NCCc1cc2c(-c3cnn4ncccc34)c(C(C)NCCc3cc4c(-c5cnn6ncccc56)ccnc4[nH]3)cnc2[nH]1. The summed E-state index contributed by atoms with van der Waals surface area (Å²) in [6.45, 7) is 7.41. The highest BCUT2D eigenvalue weighted by Gasteiger charge is 2.32. The molecule has 2 amide bonds. The molecule has 276 valence electrons. The average Bonchev–Trinajstić information content (AvgIpc) is 4.06. The molecule has 9 heterocycles. The lowest BCUT2D eigenvalue weighted by atomic mass is 9.95. The van der Waals surface area contributed by atoms with Crippen molar-refractivity contribution in [2.75, 3.05) is 19.6 Å². The van der Waals surface area contributed by atoms with Crippen LogP contribution in [0.25, 0.3) is 55.4 Å². The molecule has 15 nitrogen and oxygen atoms in total. The third-order valence-corrected chi connectivity index (χ3v) is 10.5. The molecule has 1 unspecified atom stereocenters. The molecule has 1 aliphatic heterocycles. The third-order valence-electron chi connectivity index (χ3n) is 10.5. The van der Waals surface area contributed by atoms with Gasteiger partial charge in [-0.1, -0.05) is 6.58 Å². The maximum absolute atomic E-state index is 13.0. The zero-order valence-corrected chi connectivity index (χ0v) is 30.2. The number of fused-ring (bicyclic) bond motifs is 4. The fraction of sp³-hybridized carbons (Fsp3) is 0.250. The Balaban J connectivity index is 0.948. The Bertz CT molecular complexity index is 2720. The van der Waals surface area contributed by atoms with Crippen molar-refractivity contribution in [2.45, 2.75) is 44.7 Å². The number of likely N-dealkylation sites (tertiary alicyclic amines) is 1. The van der Waals surface area contributed by atoms with Gasteiger partial charge in [-0.25, -0.2) is 9.97 Å².